The summed E-state index contributed by atoms with van der Waals surface area (Å²) in [5, 5.41) is 2.47. The first-order valence-corrected chi connectivity index (χ1v) is 7.68. The number of benzene rings is 1. The molecule has 0 spiro atoms. The Morgan fingerprint density at radius 2 is 2.17 bits per heavy atom. The molecule has 2 heterocycles. The number of nitrogens with zero attached hydrogens (tertiary/aromatic N) is 2. The molecule has 3 rings (SSSR count). The number of fused-ring (bicyclic) bond motifs is 1. The highest BCUT2D eigenvalue weighted by Gasteiger charge is 2.37. The Hall–Kier alpha value is -2.57. The van der Waals surface area contributed by atoms with Gasteiger partial charge in [-0.25, -0.2) is 4.79 Å². The van der Waals surface area contributed by atoms with Gasteiger partial charge in [0.25, 0.3) is 5.91 Å². The molecule has 0 radical (unpaired) electrons. The standard InChI is InChI=1S/C16H19N3O4/c1-3-6-18-12-5-4-11(7-10(12)8-14(18)20)19-9-13(15(21)17-2)23-16(19)22/h4-5,7,13H,3,6,8-9H2,1-2H3,(H,17,21)/t13-/m1/s1. The van der Waals surface area contributed by atoms with Crippen LogP contribution >= 0.6 is 0 Å². The fourth-order valence-corrected chi connectivity index (χ4v) is 2.98. The van der Waals surface area contributed by atoms with Gasteiger partial charge in [0.05, 0.1) is 13.0 Å². The summed E-state index contributed by atoms with van der Waals surface area (Å²) in [5.74, 6) is -0.252. The third kappa shape index (κ3) is 2.62. The second-order valence-electron chi connectivity index (χ2n) is 5.63. The normalized spacial score (nSPS) is 19.8. The van der Waals surface area contributed by atoms with Crippen molar-refractivity contribution in [3.8, 4) is 0 Å². The van der Waals surface area contributed by atoms with E-state index in [-0.39, 0.29) is 18.4 Å². The molecule has 23 heavy (non-hydrogen) atoms. The highest BCUT2D eigenvalue weighted by Crippen LogP contribution is 2.33. The zero-order valence-electron chi connectivity index (χ0n) is 13.2. The smallest absolute Gasteiger partial charge is 0.415 e. The molecule has 1 saturated heterocycles. The average molecular weight is 317 g/mol. The lowest BCUT2D eigenvalue weighted by molar-refractivity contribution is -0.127. The molecule has 3 amide bonds. The first-order chi connectivity index (χ1) is 11.0. The molecule has 0 aliphatic carbocycles. The zero-order valence-corrected chi connectivity index (χ0v) is 13.2. The molecule has 1 N–H and O–H groups in total. The molecule has 1 aromatic carbocycles. The van der Waals surface area contributed by atoms with Crippen molar-refractivity contribution in [1.29, 1.82) is 0 Å². The molecule has 0 bridgehead atoms. The second-order valence-corrected chi connectivity index (χ2v) is 5.63. The van der Waals surface area contributed by atoms with Gasteiger partial charge in [0.15, 0.2) is 6.10 Å². The van der Waals surface area contributed by atoms with E-state index >= 15 is 0 Å². The molecular weight excluding hydrogens is 298 g/mol. The molecule has 0 unspecified atom stereocenters. The Labute approximate surface area is 134 Å². The monoisotopic (exact) mass is 317 g/mol. The maximum absolute atomic E-state index is 12.1. The van der Waals surface area contributed by atoms with E-state index in [9.17, 15) is 14.4 Å². The molecule has 2 aliphatic rings. The third-order valence-electron chi connectivity index (χ3n) is 4.11. The lowest BCUT2D eigenvalue weighted by atomic mass is 10.1. The molecule has 122 valence electrons. The van der Waals surface area contributed by atoms with E-state index in [1.165, 1.54) is 11.9 Å². The molecular formula is C16H19N3O4. The molecule has 1 atom stereocenters. The Balaban J connectivity index is 1.84. The Morgan fingerprint density at radius 1 is 1.39 bits per heavy atom. The van der Waals surface area contributed by atoms with Gasteiger partial charge in [0, 0.05) is 25.0 Å². The SMILES string of the molecule is CCCN1C(=O)Cc2cc(N3C[C@H](C(=O)NC)OC3=O)ccc21. The molecule has 1 fully saturated rings. The van der Waals surface area contributed by atoms with Gasteiger partial charge in [0.2, 0.25) is 5.91 Å². The van der Waals surface area contributed by atoms with E-state index in [2.05, 4.69) is 5.32 Å². The zero-order chi connectivity index (χ0) is 16.6. The van der Waals surface area contributed by atoms with Gasteiger partial charge in [-0.1, -0.05) is 6.92 Å². The van der Waals surface area contributed by atoms with Crippen LogP contribution in [-0.2, 0) is 20.7 Å². The third-order valence-corrected chi connectivity index (χ3v) is 4.11. The summed E-state index contributed by atoms with van der Waals surface area (Å²) in [7, 11) is 1.50. The predicted octanol–water partition coefficient (Wildman–Crippen LogP) is 1.06. The van der Waals surface area contributed by atoms with Gasteiger partial charge in [-0.05, 0) is 30.2 Å². The van der Waals surface area contributed by atoms with E-state index in [0.29, 0.717) is 18.7 Å². The first-order valence-electron chi connectivity index (χ1n) is 7.68. The van der Waals surface area contributed by atoms with Gasteiger partial charge in [-0.3, -0.25) is 14.5 Å². The Morgan fingerprint density at radius 3 is 2.87 bits per heavy atom. The molecule has 2 aliphatic heterocycles. The van der Waals surface area contributed by atoms with Crippen LogP contribution in [0.2, 0.25) is 0 Å². The van der Waals surface area contributed by atoms with Crippen molar-refractivity contribution in [1.82, 2.24) is 5.32 Å². The van der Waals surface area contributed by atoms with Crippen molar-refractivity contribution in [3.05, 3.63) is 23.8 Å². The number of rotatable bonds is 4. The lowest BCUT2D eigenvalue weighted by Crippen LogP contribution is -2.35. The minimum Gasteiger partial charge on any atom is -0.434 e. The number of hydrogen-bond acceptors (Lipinski definition) is 4. The van der Waals surface area contributed by atoms with Crippen LogP contribution in [-0.4, -0.2) is 44.1 Å². The number of hydrogen-bond donors (Lipinski definition) is 1. The molecule has 7 heteroatoms. The van der Waals surface area contributed by atoms with Gasteiger partial charge in [-0.2, -0.15) is 0 Å². The van der Waals surface area contributed by atoms with Gasteiger partial charge in [-0.15, -0.1) is 0 Å². The fourth-order valence-electron chi connectivity index (χ4n) is 2.98. The van der Waals surface area contributed by atoms with Crippen LogP contribution in [0.5, 0.6) is 0 Å². The van der Waals surface area contributed by atoms with Crippen molar-refractivity contribution in [2.45, 2.75) is 25.9 Å². The Bertz CT molecular complexity index is 673. The minimum absolute atomic E-state index is 0.0752. The second kappa shape index (κ2) is 5.91. The fraction of sp³-hybridized carbons (Fsp3) is 0.438. The van der Waals surface area contributed by atoms with Crippen LogP contribution in [0.4, 0.5) is 16.2 Å². The van der Waals surface area contributed by atoms with Crippen LogP contribution in [0.15, 0.2) is 18.2 Å². The van der Waals surface area contributed by atoms with Crippen molar-refractivity contribution < 1.29 is 19.1 Å². The van der Waals surface area contributed by atoms with Crippen molar-refractivity contribution in [3.63, 3.8) is 0 Å². The number of carbonyl (C=O) groups excluding carboxylic acids is 3. The van der Waals surface area contributed by atoms with Gasteiger partial charge < -0.3 is 15.0 Å². The number of nitrogens with one attached hydrogen (secondary N) is 1. The topological polar surface area (TPSA) is 79.0 Å². The quantitative estimate of drug-likeness (QED) is 0.900. The maximum Gasteiger partial charge on any atom is 0.415 e. The average Bonchev–Trinajstić information content (AvgIpc) is 3.07. The number of likely N-dealkylation sites (N-methyl/N-ethyl adjacent to an activating group) is 1. The summed E-state index contributed by atoms with van der Waals surface area (Å²) in [6.45, 7) is 2.89. The van der Waals surface area contributed by atoms with E-state index < -0.39 is 12.2 Å². The highest BCUT2D eigenvalue weighted by molar-refractivity contribution is 6.02. The molecule has 0 saturated carbocycles. The maximum atomic E-state index is 12.1. The highest BCUT2D eigenvalue weighted by atomic mass is 16.6. The molecule has 0 aromatic heterocycles. The first kappa shape index (κ1) is 15.3. The number of carbonyl (C=O) groups is 3. The van der Waals surface area contributed by atoms with Gasteiger partial charge >= 0.3 is 6.09 Å². The summed E-state index contributed by atoms with van der Waals surface area (Å²) < 4.78 is 5.08. The summed E-state index contributed by atoms with van der Waals surface area (Å²) >= 11 is 0. The molecule has 1 aromatic rings. The summed E-state index contributed by atoms with van der Waals surface area (Å²) in [6.07, 6.45) is -0.128. The number of amides is 3. The van der Waals surface area contributed by atoms with Crippen molar-refractivity contribution in [2.75, 3.05) is 29.9 Å². The van der Waals surface area contributed by atoms with Crippen LogP contribution in [0.3, 0.4) is 0 Å². The van der Waals surface area contributed by atoms with Crippen LogP contribution in [0.25, 0.3) is 0 Å². The van der Waals surface area contributed by atoms with E-state index in [1.807, 2.05) is 19.1 Å². The summed E-state index contributed by atoms with van der Waals surface area (Å²) in [5.41, 5.74) is 2.44. The number of cyclic esters (lactones) is 1. The van der Waals surface area contributed by atoms with Crippen molar-refractivity contribution >= 4 is 29.3 Å². The van der Waals surface area contributed by atoms with Gasteiger partial charge in [0.1, 0.15) is 0 Å². The number of ether oxygens (including phenoxy) is 1. The van der Waals surface area contributed by atoms with E-state index in [4.69, 9.17) is 4.74 Å². The Kier molecular flexibility index (Phi) is 3.94. The van der Waals surface area contributed by atoms with Crippen LogP contribution in [0.1, 0.15) is 18.9 Å². The minimum atomic E-state index is -0.807. The predicted molar refractivity (Wildman–Crippen MR) is 84.5 cm³/mol. The lowest BCUT2D eigenvalue weighted by Gasteiger charge is -2.18. The van der Waals surface area contributed by atoms with Crippen LogP contribution < -0.4 is 15.1 Å². The van der Waals surface area contributed by atoms with Crippen LogP contribution in [0, 0.1) is 0 Å². The van der Waals surface area contributed by atoms with E-state index in [0.717, 1.165) is 17.7 Å². The summed E-state index contributed by atoms with van der Waals surface area (Å²) in [4.78, 5) is 38.9. The summed E-state index contributed by atoms with van der Waals surface area (Å²) in [6, 6.07) is 5.47. The van der Waals surface area contributed by atoms with E-state index in [1.54, 1.807) is 11.0 Å². The number of anilines is 2. The van der Waals surface area contributed by atoms with Crippen molar-refractivity contribution in [2.24, 2.45) is 0 Å². The molecule has 7 nitrogen and oxygen atoms in total. The largest absolute Gasteiger partial charge is 0.434 e.